The fraction of sp³-hybridized carbons (Fsp3) is 0.294. The van der Waals surface area contributed by atoms with E-state index in [1.165, 1.54) is 20.3 Å². The Balaban J connectivity index is 1.83. The van der Waals surface area contributed by atoms with Gasteiger partial charge in [-0.25, -0.2) is 0 Å². The average Bonchev–Trinajstić information content (AvgIpc) is 2.49. The highest BCUT2D eigenvalue weighted by Gasteiger charge is 2.11. The molecule has 0 bridgehead atoms. The molecular weight excluding hydrogens is 361 g/mol. The highest BCUT2D eigenvalue weighted by Crippen LogP contribution is 2.24. The van der Waals surface area contributed by atoms with Crippen molar-refractivity contribution >= 4 is 22.6 Å². The Bertz CT molecular complexity index is 564. The van der Waals surface area contributed by atoms with E-state index >= 15 is 0 Å². The van der Waals surface area contributed by atoms with Gasteiger partial charge in [-0.2, -0.15) is 0 Å². The zero-order valence-electron chi connectivity index (χ0n) is 11.4. The maximum atomic E-state index is 5.41. The monoisotopic (exact) mass is 379 g/mol. The van der Waals surface area contributed by atoms with E-state index in [0.29, 0.717) is 0 Å². The molecule has 1 aliphatic rings. The summed E-state index contributed by atoms with van der Waals surface area (Å²) in [4.78, 5) is 2.46. The van der Waals surface area contributed by atoms with Crippen LogP contribution in [-0.4, -0.2) is 31.2 Å². The molecule has 0 aliphatic carbocycles. The second kappa shape index (κ2) is 6.70. The van der Waals surface area contributed by atoms with E-state index in [1.807, 2.05) is 0 Å². The van der Waals surface area contributed by atoms with Gasteiger partial charge in [-0.15, -0.1) is 0 Å². The Morgan fingerprint density at radius 3 is 2.45 bits per heavy atom. The smallest absolute Gasteiger partial charge is 0.0594 e. The first-order chi connectivity index (χ1) is 9.81. The summed E-state index contributed by atoms with van der Waals surface area (Å²) in [6, 6.07) is 17.4. The number of nitrogens with zero attached hydrogens (tertiary/aromatic N) is 1. The zero-order chi connectivity index (χ0) is 13.8. The summed E-state index contributed by atoms with van der Waals surface area (Å²) in [6.45, 7) is 4.79. The highest BCUT2D eigenvalue weighted by molar-refractivity contribution is 14.1. The minimum atomic E-state index is 0.857. The molecule has 20 heavy (non-hydrogen) atoms. The number of benzene rings is 2. The second-order valence-corrected chi connectivity index (χ2v) is 6.35. The lowest BCUT2D eigenvalue weighted by molar-refractivity contribution is 0.0342. The van der Waals surface area contributed by atoms with Crippen molar-refractivity contribution in [3.8, 4) is 11.1 Å². The first-order valence-electron chi connectivity index (χ1n) is 6.96. The molecule has 1 saturated heterocycles. The van der Waals surface area contributed by atoms with E-state index in [4.69, 9.17) is 4.74 Å². The van der Waals surface area contributed by atoms with Gasteiger partial charge in [0.05, 0.1) is 13.2 Å². The zero-order valence-corrected chi connectivity index (χ0v) is 13.5. The van der Waals surface area contributed by atoms with Gasteiger partial charge in [0.2, 0.25) is 0 Å². The van der Waals surface area contributed by atoms with E-state index in [1.54, 1.807) is 0 Å². The summed E-state index contributed by atoms with van der Waals surface area (Å²) in [7, 11) is 0. The van der Waals surface area contributed by atoms with Gasteiger partial charge >= 0.3 is 0 Å². The van der Waals surface area contributed by atoms with Crippen molar-refractivity contribution in [1.82, 2.24) is 4.90 Å². The van der Waals surface area contributed by atoms with Crippen LogP contribution in [0, 0.1) is 3.57 Å². The van der Waals surface area contributed by atoms with Gasteiger partial charge in [0.25, 0.3) is 0 Å². The van der Waals surface area contributed by atoms with E-state index in [9.17, 15) is 0 Å². The number of hydrogen-bond donors (Lipinski definition) is 0. The predicted molar refractivity (Wildman–Crippen MR) is 90.7 cm³/mol. The lowest BCUT2D eigenvalue weighted by Gasteiger charge is -2.26. The molecule has 0 saturated carbocycles. The van der Waals surface area contributed by atoms with Gasteiger partial charge in [-0.3, -0.25) is 4.90 Å². The number of ether oxygens (including phenoxy) is 1. The van der Waals surface area contributed by atoms with Crippen LogP contribution in [0.4, 0.5) is 0 Å². The Kier molecular flexibility index (Phi) is 4.70. The van der Waals surface area contributed by atoms with Gasteiger partial charge in [-0.05, 0) is 57.5 Å². The number of halogens is 1. The molecule has 0 N–H and O–H groups in total. The number of rotatable bonds is 3. The van der Waals surface area contributed by atoms with Crippen LogP contribution >= 0.6 is 22.6 Å². The first kappa shape index (κ1) is 14.0. The van der Waals surface area contributed by atoms with E-state index in [-0.39, 0.29) is 0 Å². The molecule has 1 heterocycles. The van der Waals surface area contributed by atoms with Crippen LogP contribution in [-0.2, 0) is 11.3 Å². The van der Waals surface area contributed by atoms with E-state index < -0.39 is 0 Å². The van der Waals surface area contributed by atoms with Crippen molar-refractivity contribution in [2.75, 3.05) is 26.3 Å². The summed E-state index contributed by atoms with van der Waals surface area (Å²) in [5.41, 5.74) is 3.98. The Hall–Kier alpha value is -0.910. The third-order valence-corrected chi connectivity index (χ3v) is 4.20. The van der Waals surface area contributed by atoms with E-state index in [0.717, 1.165) is 32.8 Å². The Morgan fingerprint density at radius 1 is 0.950 bits per heavy atom. The maximum Gasteiger partial charge on any atom is 0.0594 e. The molecule has 1 fully saturated rings. The minimum absolute atomic E-state index is 0.857. The normalized spacial score (nSPS) is 16.2. The quantitative estimate of drug-likeness (QED) is 0.753. The van der Waals surface area contributed by atoms with Crippen molar-refractivity contribution in [2.45, 2.75) is 6.54 Å². The van der Waals surface area contributed by atoms with Crippen LogP contribution < -0.4 is 0 Å². The van der Waals surface area contributed by atoms with Crippen LogP contribution in [0.2, 0.25) is 0 Å². The average molecular weight is 379 g/mol. The SMILES string of the molecule is Ic1cc(CN2CCOCC2)cc(-c2ccccc2)c1. The Morgan fingerprint density at radius 2 is 1.70 bits per heavy atom. The van der Waals surface area contributed by atoms with Gasteiger partial charge in [-0.1, -0.05) is 30.3 Å². The molecule has 0 unspecified atom stereocenters. The van der Waals surface area contributed by atoms with Crippen LogP contribution in [0.1, 0.15) is 5.56 Å². The van der Waals surface area contributed by atoms with Gasteiger partial charge in [0, 0.05) is 23.2 Å². The molecule has 3 heteroatoms. The molecule has 0 amide bonds. The summed E-state index contributed by atoms with van der Waals surface area (Å²) in [5, 5.41) is 0. The predicted octanol–water partition coefficient (Wildman–Crippen LogP) is 3.79. The molecule has 104 valence electrons. The van der Waals surface area contributed by atoms with Crippen molar-refractivity contribution in [3.05, 3.63) is 57.7 Å². The third-order valence-electron chi connectivity index (χ3n) is 3.57. The Labute approximate surface area is 133 Å². The molecular formula is C17H18INO. The molecule has 0 aromatic heterocycles. The van der Waals surface area contributed by atoms with Crippen molar-refractivity contribution in [2.24, 2.45) is 0 Å². The molecule has 1 aliphatic heterocycles. The molecule has 3 rings (SSSR count). The second-order valence-electron chi connectivity index (χ2n) is 5.10. The van der Waals surface area contributed by atoms with Crippen LogP contribution in [0.5, 0.6) is 0 Å². The van der Waals surface area contributed by atoms with Crippen LogP contribution in [0.15, 0.2) is 48.5 Å². The summed E-state index contributed by atoms with van der Waals surface area (Å²) >= 11 is 2.41. The minimum Gasteiger partial charge on any atom is -0.379 e. The lowest BCUT2D eigenvalue weighted by atomic mass is 10.0. The van der Waals surface area contributed by atoms with Crippen LogP contribution in [0.25, 0.3) is 11.1 Å². The number of morpholine rings is 1. The molecule has 0 atom stereocenters. The van der Waals surface area contributed by atoms with Gasteiger partial charge in [0.15, 0.2) is 0 Å². The molecule has 2 aromatic rings. The molecule has 2 nitrogen and oxygen atoms in total. The topological polar surface area (TPSA) is 12.5 Å². The molecule has 2 aromatic carbocycles. The largest absolute Gasteiger partial charge is 0.379 e. The van der Waals surface area contributed by atoms with Gasteiger partial charge in [0.1, 0.15) is 0 Å². The fourth-order valence-corrected chi connectivity index (χ4v) is 3.29. The summed E-state index contributed by atoms with van der Waals surface area (Å²) in [6.07, 6.45) is 0. The molecule has 0 spiro atoms. The van der Waals surface area contributed by atoms with Gasteiger partial charge < -0.3 is 4.74 Å². The summed E-state index contributed by atoms with van der Waals surface area (Å²) < 4.78 is 6.71. The van der Waals surface area contributed by atoms with Crippen molar-refractivity contribution in [1.29, 1.82) is 0 Å². The summed E-state index contributed by atoms with van der Waals surface area (Å²) in [5.74, 6) is 0. The fourth-order valence-electron chi connectivity index (χ4n) is 2.56. The molecule has 0 radical (unpaired) electrons. The maximum absolute atomic E-state index is 5.41. The lowest BCUT2D eigenvalue weighted by Crippen LogP contribution is -2.35. The standard InChI is InChI=1S/C17H18INO/c18-17-11-14(13-19-6-8-20-9-7-19)10-16(12-17)15-4-2-1-3-5-15/h1-5,10-12H,6-9,13H2. The van der Waals surface area contributed by atoms with Crippen LogP contribution in [0.3, 0.4) is 0 Å². The highest BCUT2D eigenvalue weighted by atomic mass is 127. The van der Waals surface area contributed by atoms with Crippen molar-refractivity contribution in [3.63, 3.8) is 0 Å². The third kappa shape index (κ3) is 3.59. The van der Waals surface area contributed by atoms with Crippen molar-refractivity contribution < 1.29 is 4.74 Å². The van der Waals surface area contributed by atoms with E-state index in [2.05, 4.69) is 76.0 Å². The first-order valence-corrected chi connectivity index (χ1v) is 8.04. The number of hydrogen-bond acceptors (Lipinski definition) is 2.